The highest BCUT2D eigenvalue weighted by atomic mass is 16.5. The smallest absolute Gasteiger partial charge is 0.339 e. The molecule has 1 aliphatic rings. The Morgan fingerprint density at radius 2 is 1.92 bits per heavy atom. The Morgan fingerprint density at radius 1 is 1.17 bits per heavy atom. The highest BCUT2D eigenvalue weighted by Crippen LogP contribution is 2.36. The number of ether oxygens (including phenoxy) is 2. The molecule has 4 nitrogen and oxygen atoms in total. The molecule has 0 saturated carbocycles. The number of aliphatic hydroxyl groups excluding tert-OH is 1. The average molecular weight is 326 g/mol. The van der Waals surface area contributed by atoms with Crippen molar-refractivity contribution in [1.29, 1.82) is 0 Å². The molecule has 0 spiro atoms. The number of aryl methyl sites for hydroxylation is 2. The molecule has 0 fully saturated rings. The Hall–Kier alpha value is -2.17. The molecule has 126 valence electrons. The number of fused-ring (bicyclic) bond motifs is 1. The molecule has 1 atom stereocenters. The van der Waals surface area contributed by atoms with Crippen molar-refractivity contribution in [3.63, 3.8) is 0 Å². The Labute approximate surface area is 142 Å². The first-order chi connectivity index (χ1) is 11.5. The molecule has 24 heavy (non-hydrogen) atoms. The first-order valence-electron chi connectivity index (χ1n) is 8.09. The summed E-state index contributed by atoms with van der Waals surface area (Å²) in [6, 6.07) is 10.2. The van der Waals surface area contributed by atoms with Gasteiger partial charge in [-0.05, 0) is 53.6 Å². The Morgan fingerprint density at radius 3 is 2.67 bits per heavy atom. The number of hydrogen-bond acceptors (Lipinski definition) is 4. The third-order valence-corrected chi connectivity index (χ3v) is 4.64. The number of carbonyl (C=O) groups excluding carboxylic acids is 1. The van der Waals surface area contributed by atoms with Gasteiger partial charge in [0.25, 0.3) is 0 Å². The third kappa shape index (κ3) is 2.95. The molecule has 0 amide bonds. The maximum Gasteiger partial charge on any atom is 0.339 e. The van der Waals surface area contributed by atoms with Crippen LogP contribution in [0.25, 0.3) is 11.1 Å². The molecule has 1 heterocycles. The summed E-state index contributed by atoms with van der Waals surface area (Å²) in [7, 11) is 1.29. The average Bonchev–Trinajstić information content (AvgIpc) is 2.61. The van der Waals surface area contributed by atoms with Gasteiger partial charge in [-0.1, -0.05) is 30.3 Å². The fourth-order valence-electron chi connectivity index (χ4n) is 3.32. The fourth-order valence-corrected chi connectivity index (χ4v) is 3.32. The zero-order chi connectivity index (χ0) is 17.3. The number of methoxy groups -OCH3 is 1. The van der Waals surface area contributed by atoms with Crippen LogP contribution in [0, 0.1) is 13.8 Å². The SMILES string of the molecule is COC(=O)C(O)c1c(C)ccc(C)c1-c1ccc2c(c1)CCOC2. The minimum Gasteiger partial charge on any atom is -0.467 e. The molecule has 0 aromatic heterocycles. The molecule has 1 N–H and O–H groups in total. The van der Waals surface area contributed by atoms with E-state index < -0.39 is 12.1 Å². The van der Waals surface area contributed by atoms with Crippen LogP contribution in [0.1, 0.15) is 33.9 Å². The zero-order valence-corrected chi connectivity index (χ0v) is 14.3. The van der Waals surface area contributed by atoms with Gasteiger partial charge in [0.2, 0.25) is 0 Å². The van der Waals surface area contributed by atoms with Crippen molar-refractivity contribution >= 4 is 5.97 Å². The van der Waals surface area contributed by atoms with Gasteiger partial charge < -0.3 is 14.6 Å². The molecule has 2 aromatic carbocycles. The van der Waals surface area contributed by atoms with Gasteiger partial charge in [0, 0.05) is 5.56 Å². The van der Waals surface area contributed by atoms with E-state index in [2.05, 4.69) is 12.1 Å². The van der Waals surface area contributed by atoms with E-state index in [1.807, 2.05) is 32.0 Å². The second kappa shape index (κ2) is 6.75. The molecular weight excluding hydrogens is 304 g/mol. The highest BCUT2D eigenvalue weighted by Gasteiger charge is 2.25. The van der Waals surface area contributed by atoms with Gasteiger partial charge in [-0.25, -0.2) is 4.79 Å². The lowest BCUT2D eigenvalue weighted by Crippen LogP contribution is -2.16. The van der Waals surface area contributed by atoms with Gasteiger partial charge in [-0.3, -0.25) is 0 Å². The van der Waals surface area contributed by atoms with E-state index in [0.717, 1.165) is 35.3 Å². The number of carbonyl (C=O) groups is 1. The molecular formula is C20H22O4. The maximum absolute atomic E-state index is 11.9. The first-order valence-corrected chi connectivity index (χ1v) is 8.09. The largest absolute Gasteiger partial charge is 0.467 e. The van der Waals surface area contributed by atoms with Gasteiger partial charge in [-0.15, -0.1) is 0 Å². The second-order valence-corrected chi connectivity index (χ2v) is 6.20. The molecule has 0 bridgehead atoms. The van der Waals surface area contributed by atoms with E-state index >= 15 is 0 Å². The van der Waals surface area contributed by atoms with Gasteiger partial charge in [0.15, 0.2) is 6.10 Å². The Balaban J connectivity index is 2.17. The van der Waals surface area contributed by atoms with Gasteiger partial charge in [0.05, 0.1) is 20.3 Å². The lowest BCUT2D eigenvalue weighted by atomic mass is 9.87. The summed E-state index contributed by atoms with van der Waals surface area (Å²) in [5.74, 6) is -0.642. The fraction of sp³-hybridized carbons (Fsp3) is 0.350. The van der Waals surface area contributed by atoms with Crippen molar-refractivity contribution < 1.29 is 19.4 Å². The summed E-state index contributed by atoms with van der Waals surface area (Å²) in [6.07, 6.45) is -0.410. The van der Waals surface area contributed by atoms with E-state index in [1.54, 1.807) is 0 Å². The lowest BCUT2D eigenvalue weighted by Gasteiger charge is -2.22. The molecule has 0 saturated heterocycles. The number of aliphatic hydroxyl groups is 1. The summed E-state index contributed by atoms with van der Waals surface area (Å²) in [6.45, 7) is 5.25. The molecule has 0 aliphatic carbocycles. The second-order valence-electron chi connectivity index (χ2n) is 6.20. The molecule has 3 rings (SSSR count). The Bertz CT molecular complexity index is 779. The quantitative estimate of drug-likeness (QED) is 0.880. The monoisotopic (exact) mass is 326 g/mol. The number of rotatable bonds is 3. The normalized spacial score (nSPS) is 14.8. The molecule has 1 aliphatic heterocycles. The summed E-state index contributed by atoms with van der Waals surface area (Å²) >= 11 is 0. The third-order valence-electron chi connectivity index (χ3n) is 4.64. The van der Waals surface area contributed by atoms with Crippen LogP contribution in [-0.2, 0) is 27.3 Å². The zero-order valence-electron chi connectivity index (χ0n) is 14.3. The first kappa shape index (κ1) is 16.7. The van der Waals surface area contributed by atoms with Crippen molar-refractivity contribution in [1.82, 2.24) is 0 Å². The molecule has 2 aromatic rings. The number of hydrogen-bond donors (Lipinski definition) is 1. The van der Waals surface area contributed by atoms with E-state index in [1.165, 1.54) is 18.2 Å². The van der Waals surface area contributed by atoms with Crippen LogP contribution in [-0.4, -0.2) is 24.8 Å². The summed E-state index contributed by atoms with van der Waals surface area (Å²) in [5, 5.41) is 10.5. The van der Waals surface area contributed by atoms with Crippen LogP contribution in [0.5, 0.6) is 0 Å². The van der Waals surface area contributed by atoms with Crippen LogP contribution in [0.3, 0.4) is 0 Å². The van der Waals surface area contributed by atoms with Crippen LogP contribution in [0.15, 0.2) is 30.3 Å². The van der Waals surface area contributed by atoms with E-state index in [-0.39, 0.29) is 0 Å². The van der Waals surface area contributed by atoms with Crippen molar-refractivity contribution in [2.45, 2.75) is 33.0 Å². The van der Waals surface area contributed by atoms with E-state index in [4.69, 9.17) is 9.47 Å². The minimum atomic E-state index is -1.29. The maximum atomic E-state index is 11.9. The Kier molecular flexibility index (Phi) is 4.69. The summed E-state index contributed by atoms with van der Waals surface area (Å²) in [4.78, 5) is 11.9. The van der Waals surface area contributed by atoms with Crippen molar-refractivity contribution in [2.75, 3.05) is 13.7 Å². The van der Waals surface area contributed by atoms with Crippen molar-refractivity contribution in [2.24, 2.45) is 0 Å². The van der Waals surface area contributed by atoms with Gasteiger partial charge in [0.1, 0.15) is 0 Å². The minimum absolute atomic E-state index is 0.619. The molecule has 0 radical (unpaired) electrons. The van der Waals surface area contributed by atoms with Gasteiger partial charge in [-0.2, -0.15) is 0 Å². The van der Waals surface area contributed by atoms with Crippen LogP contribution < -0.4 is 0 Å². The number of benzene rings is 2. The lowest BCUT2D eigenvalue weighted by molar-refractivity contribution is -0.150. The predicted octanol–water partition coefficient (Wildman–Crippen LogP) is 3.25. The van der Waals surface area contributed by atoms with Crippen molar-refractivity contribution in [3.8, 4) is 11.1 Å². The van der Waals surface area contributed by atoms with Gasteiger partial charge >= 0.3 is 5.97 Å². The summed E-state index contributed by atoms with van der Waals surface area (Å²) < 4.78 is 10.2. The molecule has 1 unspecified atom stereocenters. The standard InChI is InChI=1S/C20H22O4/c1-12-4-5-13(2)18(19(21)20(22)23-3)17(12)15-6-7-16-11-24-9-8-14(16)10-15/h4-7,10,19,21H,8-9,11H2,1-3H3. The van der Waals surface area contributed by atoms with E-state index in [0.29, 0.717) is 12.2 Å². The van der Waals surface area contributed by atoms with Crippen LogP contribution in [0.4, 0.5) is 0 Å². The van der Waals surface area contributed by atoms with Crippen LogP contribution >= 0.6 is 0 Å². The highest BCUT2D eigenvalue weighted by molar-refractivity contribution is 5.83. The number of esters is 1. The molecule has 4 heteroatoms. The van der Waals surface area contributed by atoms with E-state index in [9.17, 15) is 9.90 Å². The predicted molar refractivity (Wildman–Crippen MR) is 91.7 cm³/mol. The van der Waals surface area contributed by atoms with Crippen LogP contribution in [0.2, 0.25) is 0 Å². The summed E-state index contributed by atoms with van der Waals surface area (Å²) in [5.41, 5.74) is 6.88. The topological polar surface area (TPSA) is 55.8 Å². The van der Waals surface area contributed by atoms with Crippen molar-refractivity contribution in [3.05, 3.63) is 58.1 Å².